The molecule has 0 spiro atoms. The molecule has 1 aromatic heterocycles. The topological polar surface area (TPSA) is 30.7 Å². The maximum absolute atomic E-state index is 3.52. The summed E-state index contributed by atoms with van der Waals surface area (Å²) in [6.45, 7) is 4.19. The Morgan fingerprint density at radius 1 is 1.50 bits per heavy atom. The normalized spacial score (nSPS) is 9.00. The molecule has 3 nitrogen and oxygen atoms in total. The lowest BCUT2D eigenvalue weighted by atomic mass is 10.6. The van der Waals surface area contributed by atoms with Crippen LogP contribution >= 0.6 is 0 Å². The van der Waals surface area contributed by atoms with Crippen LogP contribution in [0.5, 0.6) is 0 Å². The van der Waals surface area contributed by atoms with E-state index in [9.17, 15) is 0 Å². The van der Waals surface area contributed by atoms with E-state index in [-0.39, 0.29) is 0 Å². The van der Waals surface area contributed by atoms with Gasteiger partial charge in [0.15, 0.2) is 0 Å². The SMILES string of the molecule is C=CCn1[c]nn[c]1. The first-order valence-electron chi connectivity index (χ1n) is 2.23. The van der Waals surface area contributed by atoms with E-state index in [0.29, 0.717) is 6.54 Å². The summed E-state index contributed by atoms with van der Waals surface area (Å²) < 4.78 is 1.59. The highest BCUT2D eigenvalue weighted by molar-refractivity contribution is 4.68. The van der Waals surface area contributed by atoms with Crippen LogP contribution in [0.3, 0.4) is 0 Å². The predicted octanol–water partition coefficient (Wildman–Crippen LogP) is 0.0645. The van der Waals surface area contributed by atoms with Gasteiger partial charge in [-0.05, 0) is 0 Å². The zero-order valence-electron chi connectivity index (χ0n) is 4.33. The molecule has 0 aliphatic rings. The van der Waals surface area contributed by atoms with Crippen LogP contribution in [0.2, 0.25) is 0 Å². The van der Waals surface area contributed by atoms with Gasteiger partial charge in [0, 0.05) is 6.54 Å². The van der Waals surface area contributed by atoms with Crippen LogP contribution in [-0.2, 0) is 6.54 Å². The molecule has 0 bridgehead atoms. The van der Waals surface area contributed by atoms with Gasteiger partial charge in [-0.2, -0.15) is 0 Å². The smallest absolute Gasteiger partial charge is 0.202 e. The van der Waals surface area contributed by atoms with Crippen molar-refractivity contribution in [2.24, 2.45) is 0 Å². The molecule has 0 saturated carbocycles. The first-order valence-corrected chi connectivity index (χ1v) is 2.23. The lowest BCUT2D eigenvalue weighted by molar-refractivity contribution is 0.804. The van der Waals surface area contributed by atoms with Crippen molar-refractivity contribution in [2.75, 3.05) is 0 Å². The summed E-state index contributed by atoms with van der Waals surface area (Å²) in [5, 5.41) is 6.85. The monoisotopic (exact) mass is 107 g/mol. The van der Waals surface area contributed by atoms with Crippen molar-refractivity contribution in [1.82, 2.24) is 14.8 Å². The first kappa shape index (κ1) is 5.03. The summed E-state index contributed by atoms with van der Waals surface area (Å²) in [5.74, 6) is 0. The lowest BCUT2D eigenvalue weighted by Crippen LogP contribution is -1.89. The van der Waals surface area contributed by atoms with E-state index in [1.54, 1.807) is 10.6 Å². The van der Waals surface area contributed by atoms with Crippen LogP contribution in [0.15, 0.2) is 12.7 Å². The molecular formula is C5H5N3. The fourth-order valence-corrected chi connectivity index (χ4v) is 0.386. The molecule has 8 heavy (non-hydrogen) atoms. The molecule has 2 radical (unpaired) electrons. The van der Waals surface area contributed by atoms with Gasteiger partial charge >= 0.3 is 0 Å². The zero-order chi connectivity index (χ0) is 5.82. The molecule has 0 N–H and O–H groups in total. The molecule has 0 saturated heterocycles. The largest absolute Gasteiger partial charge is 0.298 e. The van der Waals surface area contributed by atoms with E-state index < -0.39 is 0 Å². The summed E-state index contributed by atoms with van der Waals surface area (Å²) in [4.78, 5) is 0. The highest BCUT2D eigenvalue weighted by Gasteiger charge is 1.83. The minimum absolute atomic E-state index is 0.674. The van der Waals surface area contributed by atoms with Crippen LogP contribution in [0.25, 0.3) is 0 Å². The first-order chi connectivity index (χ1) is 3.93. The molecule has 1 aromatic rings. The van der Waals surface area contributed by atoms with Gasteiger partial charge in [0.05, 0.1) is 0 Å². The standard InChI is InChI=1S/C5H5N3/c1-2-3-8-4-6-7-5-8/h2H,1,3H2. The third-order valence-corrected chi connectivity index (χ3v) is 0.693. The Hall–Kier alpha value is -1.12. The third-order valence-electron chi connectivity index (χ3n) is 0.693. The summed E-state index contributed by atoms with van der Waals surface area (Å²) in [6, 6.07) is 0. The van der Waals surface area contributed by atoms with Gasteiger partial charge in [-0.25, -0.2) is 0 Å². The number of nitrogens with zero attached hydrogens (tertiary/aromatic N) is 3. The van der Waals surface area contributed by atoms with Crippen LogP contribution in [0, 0.1) is 12.7 Å². The van der Waals surface area contributed by atoms with Gasteiger partial charge in [-0.1, -0.05) is 6.08 Å². The lowest BCUT2D eigenvalue weighted by Gasteiger charge is -1.85. The molecule has 0 atom stereocenters. The third kappa shape index (κ3) is 0.932. The molecule has 0 unspecified atom stereocenters. The van der Waals surface area contributed by atoms with E-state index in [1.807, 2.05) is 0 Å². The Balaban J connectivity index is 2.62. The van der Waals surface area contributed by atoms with Gasteiger partial charge < -0.3 is 0 Å². The minimum atomic E-state index is 0.674. The van der Waals surface area contributed by atoms with Crippen molar-refractivity contribution in [2.45, 2.75) is 6.54 Å². The average molecular weight is 107 g/mol. The van der Waals surface area contributed by atoms with Gasteiger partial charge in [-0.3, -0.25) is 4.57 Å². The Kier molecular flexibility index (Phi) is 1.42. The van der Waals surface area contributed by atoms with Crippen molar-refractivity contribution in [3.63, 3.8) is 0 Å². The maximum Gasteiger partial charge on any atom is 0.202 e. The van der Waals surface area contributed by atoms with Crippen molar-refractivity contribution in [1.29, 1.82) is 0 Å². The number of rotatable bonds is 2. The van der Waals surface area contributed by atoms with Crippen molar-refractivity contribution in [3.05, 3.63) is 25.3 Å². The van der Waals surface area contributed by atoms with E-state index in [4.69, 9.17) is 0 Å². The fraction of sp³-hybridized carbons (Fsp3) is 0.200. The number of aromatic nitrogens is 3. The number of allylic oxidation sites excluding steroid dienone is 1. The minimum Gasteiger partial charge on any atom is -0.298 e. The molecule has 1 heterocycles. The zero-order valence-corrected chi connectivity index (χ0v) is 4.33. The molecule has 0 amide bonds. The molecule has 0 aliphatic carbocycles. The molecule has 0 fully saturated rings. The second-order valence-electron chi connectivity index (χ2n) is 1.30. The van der Waals surface area contributed by atoms with Gasteiger partial charge in [0.1, 0.15) is 0 Å². The van der Waals surface area contributed by atoms with Crippen LogP contribution in [0.1, 0.15) is 0 Å². The molecule has 0 aliphatic heterocycles. The van der Waals surface area contributed by atoms with Crippen LogP contribution in [-0.4, -0.2) is 14.8 Å². The van der Waals surface area contributed by atoms with Crippen LogP contribution < -0.4 is 0 Å². The van der Waals surface area contributed by atoms with Gasteiger partial charge in [0.2, 0.25) is 12.7 Å². The molecule has 40 valence electrons. The van der Waals surface area contributed by atoms with E-state index >= 15 is 0 Å². The highest BCUT2D eigenvalue weighted by atomic mass is 15.2. The highest BCUT2D eigenvalue weighted by Crippen LogP contribution is 1.77. The molecule has 3 heteroatoms. The molecular weight excluding hydrogens is 102 g/mol. The average Bonchev–Trinajstić information content (AvgIpc) is 2.19. The van der Waals surface area contributed by atoms with Crippen molar-refractivity contribution >= 4 is 0 Å². The van der Waals surface area contributed by atoms with Crippen molar-refractivity contribution < 1.29 is 0 Å². The number of hydrogen-bond acceptors (Lipinski definition) is 2. The summed E-state index contributed by atoms with van der Waals surface area (Å²) in [5.41, 5.74) is 0. The Morgan fingerprint density at radius 2 is 2.12 bits per heavy atom. The van der Waals surface area contributed by atoms with E-state index in [2.05, 4.69) is 29.4 Å². The maximum atomic E-state index is 3.52. The molecule has 1 rings (SSSR count). The molecule has 0 aromatic carbocycles. The van der Waals surface area contributed by atoms with Crippen LogP contribution in [0.4, 0.5) is 0 Å². The fourth-order valence-electron chi connectivity index (χ4n) is 0.386. The summed E-state index contributed by atoms with van der Waals surface area (Å²) in [7, 11) is 0. The Labute approximate surface area is 47.7 Å². The van der Waals surface area contributed by atoms with E-state index in [0.717, 1.165) is 0 Å². The quantitative estimate of drug-likeness (QED) is 0.500. The number of hydrogen-bond donors (Lipinski definition) is 0. The van der Waals surface area contributed by atoms with E-state index in [1.165, 1.54) is 0 Å². The van der Waals surface area contributed by atoms with Gasteiger partial charge in [-0.15, -0.1) is 16.8 Å². The second-order valence-corrected chi connectivity index (χ2v) is 1.30. The summed E-state index contributed by atoms with van der Waals surface area (Å²) >= 11 is 0. The Bertz CT molecular complexity index is 154. The Morgan fingerprint density at radius 3 is 2.62 bits per heavy atom. The van der Waals surface area contributed by atoms with Gasteiger partial charge in [0.25, 0.3) is 0 Å². The summed E-state index contributed by atoms with van der Waals surface area (Å²) in [6.07, 6.45) is 6.87. The van der Waals surface area contributed by atoms with Crippen molar-refractivity contribution in [3.8, 4) is 0 Å². The second kappa shape index (κ2) is 2.26. The predicted molar refractivity (Wildman–Crippen MR) is 27.9 cm³/mol.